The summed E-state index contributed by atoms with van der Waals surface area (Å²) in [7, 11) is 0. The molecule has 18 heavy (non-hydrogen) atoms. The van der Waals surface area contributed by atoms with Crippen LogP contribution in [0.3, 0.4) is 0 Å². The molecule has 98 valence electrons. The van der Waals surface area contributed by atoms with Crippen LogP contribution in [-0.4, -0.2) is 19.1 Å². The predicted molar refractivity (Wildman–Crippen MR) is 76.9 cm³/mol. The Balaban J connectivity index is 1.81. The highest BCUT2D eigenvalue weighted by atomic mass is 15.2. The molecule has 0 spiro atoms. The lowest BCUT2D eigenvalue weighted by atomic mass is 10.1. The van der Waals surface area contributed by atoms with Gasteiger partial charge in [-0.25, -0.2) is 0 Å². The van der Waals surface area contributed by atoms with Crippen LogP contribution in [-0.2, 0) is 6.54 Å². The zero-order valence-corrected chi connectivity index (χ0v) is 11.4. The number of fused-ring (bicyclic) bond motifs is 1. The summed E-state index contributed by atoms with van der Waals surface area (Å²) in [6, 6.07) is 9.57. The topological polar surface area (TPSA) is 15.3 Å². The maximum Gasteiger partial charge on any atom is 0.0412 e. The van der Waals surface area contributed by atoms with Crippen molar-refractivity contribution in [2.75, 3.05) is 18.0 Å². The van der Waals surface area contributed by atoms with Crippen LogP contribution in [0.25, 0.3) is 0 Å². The molecule has 1 N–H and O–H groups in total. The van der Waals surface area contributed by atoms with Gasteiger partial charge in [-0.2, -0.15) is 0 Å². The molecule has 2 heteroatoms. The average Bonchev–Trinajstić information content (AvgIpc) is 3.20. The fourth-order valence-electron chi connectivity index (χ4n) is 2.98. The fourth-order valence-corrected chi connectivity index (χ4v) is 2.98. The molecule has 1 fully saturated rings. The lowest BCUT2D eigenvalue weighted by Crippen LogP contribution is -2.39. The predicted octanol–water partition coefficient (Wildman–Crippen LogP) is 3.17. The van der Waals surface area contributed by atoms with Gasteiger partial charge in [-0.1, -0.05) is 31.5 Å². The van der Waals surface area contributed by atoms with Gasteiger partial charge in [-0.3, -0.25) is 0 Å². The maximum absolute atomic E-state index is 3.72. The van der Waals surface area contributed by atoms with E-state index in [0.717, 1.165) is 12.5 Å². The molecule has 1 aliphatic heterocycles. The van der Waals surface area contributed by atoms with E-state index in [1.165, 1.54) is 50.0 Å². The van der Waals surface area contributed by atoms with Gasteiger partial charge in [0.15, 0.2) is 0 Å². The number of nitrogens with zero attached hydrogens (tertiary/aromatic N) is 1. The van der Waals surface area contributed by atoms with Crippen LogP contribution in [0.5, 0.6) is 0 Å². The Morgan fingerprint density at radius 2 is 2.11 bits per heavy atom. The van der Waals surface area contributed by atoms with Crippen molar-refractivity contribution in [1.82, 2.24) is 5.32 Å². The minimum atomic E-state index is 0.654. The molecule has 2 nitrogen and oxygen atoms in total. The van der Waals surface area contributed by atoms with Gasteiger partial charge in [0.05, 0.1) is 0 Å². The number of rotatable bonds is 4. The molecule has 2 aliphatic rings. The summed E-state index contributed by atoms with van der Waals surface area (Å²) in [5.74, 6) is 0.957. The smallest absolute Gasteiger partial charge is 0.0412 e. The quantitative estimate of drug-likeness (QED) is 0.875. The number of para-hydroxylation sites is 1. The van der Waals surface area contributed by atoms with Crippen molar-refractivity contribution in [2.24, 2.45) is 5.92 Å². The second-order valence-electron chi connectivity index (χ2n) is 5.84. The molecule has 0 bridgehead atoms. The molecule has 3 rings (SSSR count). The molecule has 1 aromatic rings. The van der Waals surface area contributed by atoms with Crippen molar-refractivity contribution in [3.05, 3.63) is 29.8 Å². The normalized spacial score (nSPS) is 23.6. The van der Waals surface area contributed by atoms with Gasteiger partial charge in [0, 0.05) is 31.4 Å². The number of nitrogens with one attached hydrogen (secondary N) is 1. The summed E-state index contributed by atoms with van der Waals surface area (Å²) < 4.78 is 0. The molecular formula is C16H24N2. The Morgan fingerprint density at radius 1 is 1.28 bits per heavy atom. The van der Waals surface area contributed by atoms with E-state index < -0.39 is 0 Å². The molecule has 0 amide bonds. The lowest BCUT2D eigenvalue weighted by molar-refractivity contribution is 0.477. The summed E-state index contributed by atoms with van der Waals surface area (Å²) in [6.07, 6.45) is 5.43. The van der Waals surface area contributed by atoms with Crippen LogP contribution < -0.4 is 10.2 Å². The highest BCUT2D eigenvalue weighted by molar-refractivity contribution is 5.54. The molecule has 0 saturated heterocycles. The number of hydrogen-bond donors (Lipinski definition) is 1. The van der Waals surface area contributed by atoms with E-state index in [9.17, 15) is 0 Å². The Hall–Kier alpha value is -1.02. The molecule has 1 unspecified atom stereocenters. The zero-order chi connectivity index (χ0) is 12.4. The van der Waals surface area contributed by atoms with Crippen molar-refractivity contribution in [2.45, 2.75) is 45.2 Å². The zero-order valence-electron chi connectivity index (χ0n) is 11.4. The maximum atomic E-state index is 3.72. The first-order chi connectivity index (χ1) is 8.86. The first-order valence-electron chi connectivity index (χ1n) is 7.43. The number of hydrogen-bond acceptors (Lipinski definition) is 2. The fraction of sp³-hybridized carbons (Fsp3) is 0.625. The van der Waals surface area contributed by atoms with Crippen LogP contribution in [0.15, 0.2) is 24.3 Å². The van der Waals surface area contributed by atoms with E-state index in [4.69, 9.17) is 0 Å². The van der Waals surface area contributed by atoms with E-state index in [1.54, 1.807) is 0 Å². The summed E-state index contributed by atoms with van der Waals surface area (Å²) >= 11 is 0. The molecule has 1 saturated carbocycles. The molecule has 1 heterocycles. The Kier molecular flexibility index (Phi) is 3.55. The van der Waals surface area contributed by atoms with Crippen molar-refractivity contribution >= 4 is 5.69 Å². The van der Waals surface area contributed by atoms with Crippen LogP contribution in [0.4, 0.5) is 5.69 Å². The molecule has 0 aromatic heterocycles. The van der Waals surface area contributed by atoms with E-state index >= 15 is 0 Å². The van der Waals surface area contributed by atoms with Gasteiger partial charge in [0.25, 0.3) is 0 Å². The minimum Gasteiger partial charge on any atom is -0.369 e. The monoisotopic (exact) mass is 244 g/mol. The summed E-state index contributed by atoms with van der Waals surface area (Å²) in [5.41, 5.74) is 2.94. The number of anilines is 1. The van der Waals surface area contributed by atoms with Crippen LogP contribution in [0, 0.1) is 5.92 Å². The first-order valence-corrected chi connectivity index (χ1v) is 7.43. The summed E-state index contributed by atoms with van der Waals surface area (Å²) in [6.45, 7) is 5.76. The Morgan fingerprint density at radius 3 is 2.89 bits per heavy atom. The van der Waals surface area contributed by atoms with Crippen molar-refractivity contribution in [1.29, 1.82) is 0 Å². The summed E-state index contributed by atoms with van der Waals surface area (Å²) in [4.78, 5) is 2.63. The van der Waals surface area contributed by atoms with Gasteiger partial charge in [0.1, 0.15) is 0 Å². The van der Waals surface area contributed by atoms with E-state index in [2.05, 4.69) is 41.4 Å². The third-order valence-electron chi connectivity index (χ3n) is 4.17. The largest absolute Gasteiger partial charge is 0.369 e. The van der Waals surface area contributed by atoms with E-state index in [-0.39, 0.29) is 0 Å². The van der Waals surface area contributed by atoms with Gasteiger partial charge in [0.2, 0.25) is 0 Å². The lowest BCUT2D eigenvalue weighted by Gasteiger charge is -2.27. The first kappa shape index (κ1) is 12.0. The van der Waals surface area contributed by atoms with Gasteiger partial charge >= 0.3 is 0 Å². The second-order valence-corrected chi connectivity index (χ2v) is 5.84. The molecule has 1 atom stereocenters. The van der Waals surface area contributed by atoms with Crippen molar-refractivity contribution in [3.8, 4) is 0 Å². The van der Waals surface area contributed by atoms with Crippen molar-refractivity contribution in [3.63, 3.8) is 0 Å². The Labute approximate surface area is 110 Å². The highest BCUT2D eigenvalue weighted by Gasteiger charge is 2.28. The average molecular weight is 244 g/mol. The summed E-state index contributed by atoms with van der Waals surface area (Å²) in [5, 5.41) is 3.72. The van der Waals surface area contributed by atoms with Crippen molar-refractivity contribution < 1.29 is 0 Å². The molecule has 1 aromatic carbocycles. The van der Waals surface area contributed by atoms with E-state index in [1.807, 2.05) is 0 Å². The number of benzene rings is 1. The van der Waals surface area contributed by atoms with Crippen LogP contribution in [0.1, 0.15) is 38.2 Å². The van der Waals surface area contributed by atoms with E-state index in [0.29, 0.717) is 6.04 Å². The van der Waals surface area contributed by atoms with Gasteiger partial charge < -0.3 is 10.2 Å². The van der Waals surface area contributed by atoms with Gasteiger partial charge in [-0.05, 0) is 36.8 Å². The highest BCUT2D eigenvalue weighted by Crippen LogP contribution is 2.33. The molecule has 1 aliphatic carbocycles. The minimum absolute atomic E-state index is 0.654. The third-order valence-corrected chi connectivity index (χ3v) is 4.17. The molecule has 0 radical (unpaired) electrons. The second kappa shape index (κ2) is 5.31. The Bertz CT molecular complexity index is 398. The van der Waals surface area contributed by atoms with Crippen LogP contribution >= 0.6 is 0 Å². The van der Waals surface area contributed by atoms with Gasteiger partial charge in [-0.15, -0.1) is 0 Å². The third kappa shape index (κ3) is 2.69. The molecular weight excluding hydrogens is 220 g/mol. The standard InChI is InChI=1S/C16H24N2/c1-2-5-15-12-18(11-13-8-9-13)16-7-4-3-6-14(16)10-17-15/h3-4,6-7,13,15,17H,2,5,8-12H2,1H3. The SMILES string of the molecule is CCCC1CN(CC2CC2)c2ccccc2CN1. The van der Waals surface area contributed by atoms with Crippen LogP contribution in [0.2, 0.25) is 0 Å².